The van der Waals surface area contributed by atoms with E-state index in [0.717, 1.165) is 23.5 Å². The monoisotopic (exact) mass is 485 g/mol. The lowest BCUT2D eigenvalue weighted by molar-refractivity contribution is 0.824. The van der Waals surface area contributed by atoms with Gasteiger partial charge >= 0.3 is 0 Å². The Kier molecular flexibility index (Phi) is 8.74. The van der Waals surface area contributed by atoms with Gasteiger partial charge in [-0.25, -0.2) is 4.99 Å². The largest absolute Gasteiger partial charge is 0.357 e. The summed E-state index contributed by atoms with van der Waals surface area (Å²) in [5.74, 6) is 0.859. The van der Waals surface area contributed by atoms with Gasteiger partial charge in [0.15, 0.2) is 5.96 Å². The fraction of sp³-hybridized carbons (Fsp3) is 0.308. The van der Waals surface area contributed by atoms with Crippen LogP contribution in [0.4, 0.5) is 0 Å². The molecule has 7 heteroatoms. The first-order valence-electron chi connectivity index (χ1n) is 6.04. The van der Waals surface area contributed by atoms with Crippen LogP contribution in [-0.2, 0) is 13.1 Å². The predicted octanol–water partition coefficient (Wildman–Crippen LogP) is 4.45. The predicted molar refractivity (Wildman–Crippen MR) is 103 cm³/mol. The molecule has 0 amide bonds. The topological polar surface area (TPSA) is 36.4 Å². The van der Waals surface area contributed by atoms with E-state index in [1.807, 2.05) is 0 Å². The zero-order valence-corrected chi connectivity index (χ0v) is 16.6. The first kappa shape index (κ1) is 17.9. The van der Waals surface area contributed by atoms with E-state index in [9.17, 15) is 0 Å². The average molecular weight is 486 g/mol. The summed E-state index contributed by atoms with van der Waals surface area (Å²) < 4.78 is 1.13. The lowest BCUT2D eigenvalue weighted by Gasteiger charge is -2.10. The Morgan fingerprint density at radius 3 is 2.80 bits per heavy atom. The van der Waals surface area contributed by atoms with Gasteiger partial charge in [-0.2, -0.15) is 11.3 Å². The van der Waals surface area contributed by atoms with Crippen molar-refractivity contribution >= 4 is 68.5 Å². The van der Waals surface area contributed by atoms with Crippen LogP contribution in [0, 0.1) is 0 Å². The molecule has 0 fully saturated rings. The number of nitrogens with one attached hydrogen (secondary N) is 2. The Balaban J connectivity index is 0.00000200. The minimum Gasteiger partial charge on any atom is -0.357 e. The molecule has 0 aliphatic carbocycles. The molecule has 0 saturated carbocycles. The maximum atomic E-state index is 4.57. The van der Waals surface area contributed by atoms with E-state index in [-0.39, 0.29) is 24.0 Å². The number of aliphatic imine (C=N–C) groups is 1. The van der Waals surface area contributed by atoms with Crippen LogP contribution in [0.2, 0.25) is 0 Å². The Morgan fingerprint density at radius 1 is 1.35 bits per heavy atom. The average Bonchev–Trinajstić information content (AvgIpc) is 3.04. The standard InChI is InChI=1S/C13H16BrN3S2.HI/c1-2-15-13(16-6-10-3-4-18-8-10)17-7-12-5-11(14)9-19-12;/h3-5,8-9H,2,6-7H2,1H3,(H2,15,16,17);1H. The van der Waals surface area contributed by atoms with Gasteiger partial charge in [0.25, 0.3) is 0 Å². The van der Waals surface area contributed by atoms with Crippen molar-refractivity contribution in [3.05, 3.63) is 43.2 Å². The van der Waals surface area contributed by atoms with Gasteiger partial charge in [0.05, 0.1) is 13.1 Å². The second-order valence-electron chi connectivity index (χ2n) is 3.91. The van der Waals surface area contributed by atoms with Gasteiger partial charge < -0.3 is 10.6 Å². The van der Waals surface area contributed by atoms with E-state index >= 15 is 0 Å². The second kappa shape index (κ2) is 9.75. The molecule has 0 aliphatic rings. The molecule has 0 aliphatic heterocycles. The number of nitrogens with zero attached hydrogens (tertiary/aromatic N) is 1. The number of guanidine groups is 1. The van der Waals surface area contributed by atoms with Crippen molar-refractivity contribution in [3.8, 4) is 0 Å². The lowest BCUT2D eigenvalue weighted by Crippen LogP contribution is -2.36. The van der Waals surface area contributed by atoms with Crippen LogP contribution in [0.3, 0.4) is 0 Å². The highest BCUT2D eigenvalue weighted by Gasteiger charge is 2.01. The number of thiophene rings is 2. The maximum absolute atomic E-state index is 4.57. The van der Waals surface area contributed by atoms with Gasteiger partial charge in [0, 0.05) is 21.3 Å². The van der Waals surface area contributed by atoms with Crippen molar-refractivity contribution in [1.29, 1.82) is 0 Å². The van der Waals surface area contributed by atoms with Gasteiger partial charge in [-0.1, -0.05) is 0 Å². The summed E-state index contributed by atoms with van der Waals surface area (Å²) in [6.45, 7) is 4.45. The number of halogens is 2. The van der Waals surface area contributed by atoms with Crippen molar-refractivity contribution in [2.24, 2.45) is 4.99 Å². The van der Waals surface area contributed by atoms with Crippen molar-refractivity contribution in [2.75, 3.05) is 6.54 Å². The third-order valence-corrected chi connectivity index (χ3v) is 4.83. The van der Waals surface area contributed by atoms with Crippen molar-refractivity contribution in [3.63, 3.8) is 0 Å². The summed E-state index contributed by atoms with van der Waals surface area (Å²) >= 11 is 6.90. The van der Waals surface area contributed by atoms with Gasteiger partial charge in [0.2, 0.25) is 0 Å². The van der Waals surface area contributed by atoms with E-state index < -0.39 is 0 Å². The molecular weight excluding hydrogens is 469 g/mol. The third kappa shape index (κ3) is 6.11. The molecule has 0 unspecified atom stereocenters. The summed E-state index contributed by atoms with van der Waals surface area (Å²) in [5, 5.41) is 12.9. The smallest absolute Gasteiger partial charge is 0.191 e. The highest BCUT2D eigenvalue weighted by molar-refractivity contribution is 14.0. The SMILES string of the molecule is CCNC(=NCc1ccsc1)NCc1cc(Br)cs1.I. The molecule has 2 aromatic heterocycles. The van der Waals surface area contributed by atoms with Crippen LogP contribution in [0.1, 0.15) is 17.4 Å². The summed E-state index contributed by atoms with van der Waals surface area (Å²) in [4.78, 5) is 5.86. The first-order valence-corrected chi connectivity index (χ1v) is 8.65. The zero-order valence-electron chi connectivity index (χ0n) is 11.1. The lowest BCUT2D eigenvalue weighted by atomic mass is 10.3. The number of rotatable bonds is 5. The number of hydrogen-bond donors (Lipinski definition) is 2. The molecule has 0 atom stereocenters. The molecule has 0 spiro atoms. The molecule has 2 rings (SSSR count). The first-order chi connectivity index (χ1) is 9.28. The fourth-order valence-corrected chi connectivity index (χ4v) is 3.56. The van der Waals surface area contributed by atoms with Gasteiger partial charge in [-0.15, -0.1) is 35.3 Å². The maximum Gasteiger partial charge on any atom is 0.191 e. The highest BCUT2D eigenvalue weighted by Crippen LogP contribution is 2.19. The molecular formula is C13H17BrIN3S2. The van der Waals surface area contributed by atoms with E-state index in [1.165, 1.54) is 10.4 Å². The number of hydrogen-bond acceptors (Lipinski definition) is 3. The summed E-state index contributed by atoms with van der Waals surface area (Å²) in [6.07, 6.45) is 0. The van der Waals surface area contributed by atoms with Crippen LogP contribution in [0.5, 0.6) is 0 Å². The Labute approximate surface area is 153 Å². The summed E-state index contributed by atoms with van der Waals surface area (Å²) in [5.41, 5.74) is 1.25. The Morgan fingerprint density at radius 2 is 2.20 bits per heavy atom. The fourth-order valence-electron chi connectivity index (χ4n) is 1.51. The van der Waals surface area contributed by atoms with Gasteiger partial charge in [-0.05, 0) is 51.3 Å². The molecule has 110 valence electrons. The third-order valence-electron chi connectivity index (χ3n) is 2.40. The Bertz CT molecular complexity index is 525. The van der Waals surface area contributed by atoms with Crippen LogP contribution in [0.15, 0.2) is 37.7 Å². The van der Waals surface area contributed by atoms with E-state index in [1.54, 1.807) is 22.7 Å². The molecule has 0 aromatic carbocycles. The molecule has 2 heterocycles. The zero-order chi connectivity index (χ0) is 13.5. The van der Waals surface area contributed by atoms with Crippen molar-refractivity contribution in [1.82, 2.24) is 10.6 Å². The molecule has 0 saturated heterocycles. The van der Waals surface area contributed by atoms with Gasteiger partial charge in [0.1, 0.15) is 0 Å². The normalized spacial score (nSPS) is 11.0. The summed E-state index contributed by atoms with van der Waals surface area (Å²) in [7, 11) is 0. The summed E-state index contributed by atoms with van der Waals surface area (Å²) in [6, 6.07) is 4.23. The second-order valence-corrected chi connectivity index (χ2v) is 6.60. The van der Waals surface area contributed by atoms with Crippen LogP contribution in [-0.4, -0.2) is 12.5 Å². The highest BCUT2D eigenvalue weighted by atomic mass is 127. The van der Waals surface area contributed by atoms with Crippen LogP contribution in [0.25, 0.3) is 0 Å². The quantitative estimate of drug-likeness (QED) is 0.373. The molecule has 2 aromatic rings. The molecule has 20 heavy (non-hydrogen) atoms. The molecule has 2 N–H and O–H groups in total. The Hall–Kier alpha value is -0.120. The van der Waals surface area contributed by atoms with Crippen molar-refractivity contribution in [2.45, 2.75) is 20.0 Å². The van der Waals surface area contributed by atoms with Crippen LogP contribution >= 0.6 is 62.6 Å². The minimum atomic E-state index is 0. The van der Waals surface area contributed by atoms with Crippen molar-refractivity contribution < 1.29 is 0 Å². The molecule has 0 bridgehead atoms. The van der Waals surface area contributed by atoms with E-state index in [0.29, 0.717) is 6.54 Å². The van der Waals surface area contributed by atoms with E-state index in [4.69, 9.17) is 0 Å². The minimum absolute atomic E-state index is 0. The van der Waals surface area contributed by atoms with Crippen LogP contribution < -0.4 is 10.6 Å². The van der Waals surface area contributed by atoms with Gasteiger partial charge in [-0.3, -0.25) is 0 Å². The molecule has 0 radical (unpaired) electrons. The molecule has 3 nitrogen and oxygen atoms in total. The van der Waals surface area contributed by atoms with E-state index in [2.05, 4.69) is 66.8 Å².